The average molecular weight is 362 g/mol. The number of unbranched alkanes of at least 4 members (excludes halogenated alkanes) is 5. The van der Waals surface area contributed by atoms with Crippen molar-refractivity contribution in [3.05, 3.63) is 36.4 Å². The van der Waals surface area contributed by atoms with Crippen molar-refractivity contribution in [2.75, 3.05) is 6.61 Å². The van der Waals surface area contributed by atoms with Crippen molar-refractivity contribution < 1.29 is 20.1 Å². The Bertz CT molecular complexity index is 673. The van der Waals surface area contributed by atoms with Crippen molar-refractivity contribution in [1.82, 2.24) is 0 Å². The number of benzene rings is 2. The third kappa shape index (κ3) is 6.42. The zero-order valence-electron chi connectivity index (χ0n) is 14.6. The summed E-state index contributed by atoms with van der Waals surface area (Å²) in [7, 11) is 0. The van der Waals surface area contributed by atoms with E-state index in [9.17, 15) is 15.3 Å². The molecule has 0 unspecified atom stereocenters. The zero-order valence-corrected chi connectivity index (χ0v) is 15.4. The van der Waals surface area contributed by atoms with Gasteiger partial charge >= 0.3 is 0 Å². The Labute approximate surface area is 153 Å². The molecular formula is C20H26O4S. The van der Waals surface area contributed by atoms with E-state index in [-0.39, 0.29) is 17.2 Å². The molecule has 0 aliphatic carbocycles. The van der Waals surface area contributed by atoms with Crippen molar-refractivity contribution in [3.8, 4) is 23.0 Å². The second-order valence-electron chi connectivity index (χ2n) is 6.00. The van der Waals surface area contributed by atoms with Crippen LogP contribution in [0.3, 0.4) is 0 Å². The minimum absolute atomic E-state index is 0.00418. The topological polar surface area (TPSA) is 69.9 Å². The van der Waals surface area contributed by atoms with Crippen LogP contribution < -0.4 is 4.74 Å². The van der Waals surface area contributed by atoms with Crippen LogP contribution in [0.1, 0.15) is 45.4 Å². The Morgan fingerprint density at radius 2 is 1.44 bits per heavy atom. The van der Waals surface area contributed by atoms with Gasteiger partial charge in [-0.15, -0.1) is 0 Å². The van der Waals surface area contributed by atoms with Crippen molar-refractivity contribution in [2.24, 2.45) is 0 Å². The Morgan fingerprint density at radius 3 is 2.12 bits per heavy atom. The Balaban J connectivity index is 1.83. The first-order valence-electron chi connectivity index (χ1n) is 8.76. The molecule has 0 aliphatic heterocycles. The maximum atomic E-state index is 10.2. The Hall–Kier alpha value is -2.01. The van der Waals surface area contributed by atoms with Crippen LogP contribution in [0.15, 0.2) is 46.2 Å². The van der Waals surface area contributed by atoms with Crippen LogP contribution in [0.2, 0.25) is 0 Å². The standard InChI is InChI=1S/C20H26O4S/c1-2-3-4-5-6-7-12-24-16-9-11-20(18(23)14-16)25-19-10-8-15(21)13-17(19)22/h8-11,13-14,21-23H,2-7,12H2,1H3. The summed E-state index contributed by atoms with van der Waals surface area (Å²) >= 11 is 1.23. The van der Waals surface area contributed by atoms with E-state index in [1.807, 2.05) is 6.07 Å². The summed E-state index contributed by atoms with van der Waals surface area (Å²) in [6.45, 7) is 2.86. The second kappa shape index (κ2) is 10.1. The van der Waals surface area contributed by atoms with E-state index < -0.39 is 0 Å². The predicted octanol–water partition coefficient (Wildman–Crippen LogP) is 5.69. The van der Waals surface area contributed by atoms with Crippen LogP contribution in [0.5, 0.6) is 23.0 Å². The van der Waals surface area contributed by atoms with Gasteiger partial charge in [0, 0.05) is 12.1 Å². The molecule has 136 valence electrons. The van der Waals surface area contributed by atoms with Gasteiger partial charge in [0.15, 0.2) is 0 Å². The molecule has 0 radical (unpaired) electrons. The van der Waals surface area contributed by atoms with Gasteiger partial charge < -0.3 is 20.1 Å². The van der Waals surface area contributed by atoms with Gasteiger partial charge in [-0.05, 0) is 30.7 Å². The monoisotopic (exact) mass is 362 g/mol. The number of phenolic OH excluding ortho intramolecular Hbond substituents is 3. The number of ether oxygens (including phenoxy) is 1. The molecule has 0 amide bonds. The van der Waals surface area contributed by atoms with Gasteiger partial charge in [-0.2, -0.15) is 0 Å². The number of aromatic hydroxyl groups is 3. The fourth-order valence-corrected chi connectivity index (χ4v) is 3.29. The lowest BCUT2D eigenvalue weighted by atomic mass is 10.1. The van der Waals surface area contributed by atoms with Gasteiger partial charge in [-0.1, -0.05) is 50.8 Å². The molecule has 0 fully saturated rings. The van der Waals surface area contributed by atoms with Crippen molar-refractivity contribution in [2.45, 2.75) is 55.2 Å². The number of hydrogen-bond donors (Lipinski definition) is 3. The van der Waals surface area contributed by atoms with Gasteiger partial charge in [-0.3, -0.25) is 0 Å². The molecule has 0 saturated heterocycles. The molecule has 2 aromatic rings. The maximum Gasteiger partial charge on any atom is 0.133 e. The largest absolute Gasteiger partial charge is 0.508 e. The molecular weight excluding hydrogens is 336 g/mol. The smallest absolute Gasteiger partial charge is 0.133 e. The molecule has 0 aliphatic rings. The van der Waals surface area contributed by atoms with Crippen molar-refractivity contribution in [1.29, 1.82) is 0 Å². The molecule has 4 nitrogen and oxygen atoms in total. The Kier molecular flexibility index (Phi) is 7.79. The lowest BCUT2D eigenvalue weighted by Gasteiger charge is -2.10. The highest BCUT2D eigenvalue weighted by Gasteiger charge is 2.09. The van der Waals surface area contributed by atoms with E-state index in [0.29, 0.717) is 22.1 Å². The highest BCUT2D eigenvalue weighted by Crippen LogP contribution is 2.41. The van der Waals surface area contributed by atoms with Crippen molar-refractivity contribution >= 4 is 11.8 Å². The molecule has 0 heterocycles. The summed E-state index contributed by atoms with van der Waals surface area (Å²) < 4.78 is 5.69. The third-order valence-corrected chi connectivity index (χ3v) is 4.99. The number of rotatable bonds is 10. The molecule has 0 saturated carbocycles. The summed E-state index contributed by atoms with van der Waals surface area (Å²) in [6, 6.07) is 9.56. The first-order chi connectivity index (χ1) is 12.1. The Morgan fingerprint density at radius 1 is 0.800 bits per heavy atom. The second-order valence-corrected chi connectivity index (χ2v) is 7.08. The van der Waals surface area contributed by atoms with Crippen LogP contribution in [0.4, 0.5) is 0 Å². The predicted molar refractivity (Wildman–Crippen MR) is 101 cm³/mol. The molecule has 0 aromatic heterocycles. The van der Waals surface area contributed by atoms with Gasteiger partial charge in [0.1, 0.15) is 23.0 Å². The SMILES string of the molecule is CCCCCCCCOc1ccc(Sc2ccc(O)cc2O)c(O)c1. The molecule has 2 aromatic carbocycles. The van der Waals surface area contributed by atoms with Crippen LogP contribution in [0.25, 0.3) is 0 Å². The van der Waals surface area contributed by atoms with Gasteiger partial charge in [0.2, 0.25) is 0 Å². The van der Waals surface area contributed by atoms with Crippen LogP contribution >= 0.6 is 11.8 Å². The van der Waals surface area contributed by atoms with Gasteiger partial charge in [0.05, 0.1) is 16.4 Å². The quantitative estimate of drug-likeness (QED) is 0.473. The molecule has 2 rings (SSSR count). The minimum atomic E-state index is -0.0206. The number of phenols is 3. The maximum absolute atomic E-state index is 10.2. The fourth-order valence-electron chi connectivity index (χ4n) is 2.46. The van der Waals surface area contributed by atoms with E-state index in [0.717, 1.165) is 6.42 Å². The molecule has 25 heavy (non-hydrogen) atoms. The van der Waals surface area contributed by atoms with E-state index in [2.05, 4.69) is 6.92 Å². The molecule has 0 spiro atoms. The normalized spacial score (nSPS) is 10.8. The van der Waals surface area contributed by atoms with Crippen LogP contribution in [-0.4, -0.2) is 21.9 Å². The molecule has 0 atom stereocenters. The highest BCUT2D eigenvalue weighted by atomic mass is 32.2. The lowest BCUT2D eigenvalue weighted by Crippen LogP contribution is -1.97. The highest BCUT2D eigenvalue weighted by molar-refractivity contribution is 7.99. The first kappa shape index (κ1) is 19.3. The summed E-state index contributed by atoms with van der Waals surface area (Å²) in [5.41, 5.74) is 0. The molecule has 5 heteroatoms. The van der Waals surface area contributed by atoms with Gasteiger partial charge in [0.25, 0.3) is 0 Å². The first-order valence-corrected chi connectivity index (χ1v) is 9.57. The fraction of sp³-hybridized carbons (Fsp3) is 0.400. The third-order valence-electron chi connectivity index (χ3n) is 3.86. The van der Waals surface area contributed by atoms with Crippen LogP contribution in [-0.2, 0) is 0 Å². The average Bonchev–Trinajstić information content (AvgIpc) is 2.58. The summed E-state index contributed by atoms with van der Waals surface area (Å²) in [6.07, 6.45) is 7.26. The lowest BCUT2D eigenvalue weighted by molar-refractivity contribution is 0.302. The minimum Gasteiger partial charge on any atom is -0.508 e. The zero-order chi connectivity index (χ0) is 18.1. The van der Waals surface area contributed by atoms with E-state index in [4.69, 9.17) is 4.74 Å². The van der Waals surface area contributed by atoms with E-state index in [1.54, 1.807) is 18.2 Å². The summed E-state index contributed by atoms with van der Waals surface area (Å²) in [5, 5.41) is 29.3. The van der Waals surface area contributed by atoms with Crippen LogP contribution in [0, 0.1) is 0 Å². The summed E-state index contributed by atoms with van der Waals surface area (Å²) in [4.78, 5) is 1.18. The van der Waals surface area contributed by atoms with E-state index >= 15 is 0 Å². The molecule has 0 bridgehead atoms. The molecule has 3 N–H and O–H groups in total. The number of hydrogen-bond acceptors (Lipinski definition) is 5. The summed E-state index contributed by atoms with van der Waals surface area (Å²) in [5.74, 6) is 0.737. The van der Waals surface area contributed by atoms with Crippen molar-refractivity contribution in [3.63, 3.8) is 0 Å². The van der Waals surface area contributed by atoms with Gasteiger partial charge in [-0.25, -0.2) is 0 Å². The van der Waals surface area contributed by atoms with E-state index in [1.165, 1.54) is 56.0 Å².